The van der Waals surface area contributed by atoms with Crippen molar-refractivity contribution in [2.75, 3.05) is 30.8 Å². The standard InChI is InChI=1S/C14H21FN2O/c1-10-4-3-6-17(7-5-10)13-9-14(18-2)12(16)8-11(13)15/h8-10H,3-7,16H2,1-2H3. The van der Waals surface area contributed by atoms with Crippen molar-refractivity contribution >= 4 is 11.4 Å². The number of hydrogen-bond acceptors (Lipinski definition) is 3. The molecule has 1 heterocycles. The lowest BCUT2D eigenvalue weighted by Gasteiger charge is -2.24. The van der Waals surface area contributed by atoms with Gasteiger partial charge in [0, 0.05) is 25.2 Å². The van der Waals surface area contributed by atoms with Gasteiger partial charge in [-0.05, 0) is 25.2 Å². The van der Waals surface area contributed by atoms with Crippen molar-refractivity contribution < 1.29 is 9.13 Å². The maximum Gasteiger partial charge on any atom is 0.148 e. The summed E-state index contributed by atoms with van der Waals surface area (Å²) in [7, 11) is 1.55. The van der Waals surface area contributed by atoms with E-state index >= 15 is 0 Å². The van der Waals surface area contributed by atoms with Gasteiger partial charge in [0.2, 0.25) is 0 Å². The number of halogens is 1. The molecule has 3 nitrogen and oxygen atoms in total. The van der Waals surface area contributed by atoms with E-state index in [2.05, 4.69) is 11.8 Å². The highest BCUT2D eigenvalue weighted by Gasteiger charge is 2.18. The number of anilines is 2. The minimum Gasteiger partial charge on any atom is -0.495 e. The van der Waals surface area contributed by atoms with Gasteiger partial charge >= 0.3 is 0 Å². The third kappa shape index (κ3) is 2.68. The number of nitrogen functional groups attached to an aromatic ring is 1. The molecule has 1 saturated heterocycles. The van der Waals surface area contributed by atoms with Crippen LogP contribution in [-0.2, 0) is 0 Å². The first kappa shape index (κ1) is 13.0. The van der Waals surface area contributed by atoms with Gasteiger partial charge in [-0.3, -0.25) is 0 Å². The molecule has 18 heavy (non-hydrogen) atoms. The van der Waals surface area contributed by atoms with Gasteiger partial charge in [0.25, 0.3) is 0 Å². The lowest BCUT2D eigenvalue weighted by Crippen LogP contribution is -2.25. The molecular weight excluding hydrogens is 231 g/mol. The summed E-state index contributed by atoms with van der Waals surface area (Å²) >= 11 is 0. The number of hydrogen-bond donors (Lipinski definition) is 1. The molecule has 1 aromatic carbocycles. The molecule has 0 aliphatic carbocycles. The minimum atomic E-state index is -0.261. The monoisotopic (exact) mass is 252 g/mol. The molecule has 0 spiro atoms. The van der Waals surface area contributed by atoms with Gasteiger partial charge < -0.3 is 15.4 Å². The molecule has 100 valence electrons. The van der Waals surface area contributed by atoms with Crippen LogP contribution in [0.1, 0.15) is 26.2 Å². The lowest BCUT2D eigenvalue weighted by molar-refractivity contribution is 0.416. The van der Waals surface area contributed by atoms with Crippen LogP contribution in [-0.4, -0.2) is 20.2 Å². The van der Waals surface area contributed by atoms with Crippen LogP contribution in [0.5, 0.6) is 5.75 Å². The Morgan fingerprint density at radius 1 is 1.33 bits per heavy atom. The van der Waals surface area contributed by atoms with Gasteiger partial charge in [-0.2, -0.15) is 0 Å². The Hall–Kier alpha value is -1.45. The van der Waals surface area contributed by atoms with Crippen molar-refractivity contribution in [2.45, 2.75) is 26.2 Å². The largest absolute Gasteiger partial charge is 0.495 e. The Labute approximate surface area is 108 Å². The molecule has 2 N–H and O–H groups in total. The first-order valence-electron chi connectivity index (χ1n) is 6.49. The highest BCUT2D eigenvalue weighted by molar-refractivity contribution is 5.63. The molecular formula is C14H21FN2O. The molecule has 0 radical (unpaired) electrons. The van der Waals surface area contributed by atoms with E-state index in [1.807, 2.05) is 0 Å². The second-order valence-corrected chi connectivity index (χ2v) is 5.07. The maximum atomic E-state index is 14.0. The van der Waals surface area contributed by atoms with E-state index in [4.69, 9.17) is 10.5 Å². The third-order valence-electron chi connectivity index (χ3n) is 3.66. The summed E-state index contributed by atoms with van der Waals surface area (Å²) in [6, 6.07) is 3.06. The summed E-state index contributed by atoms with van der Waals surface area (Å²) in [5.74, 6) is 1.00. The molecule has 0 aromatic heterocycles. The van der Waals surface area contributed by atoms with Gasteiger partial charge in [0.05, 0.1) is 18.5 Å². The third-order valence-corrected chi connectivity index (χ3v) is 3.66. The summed E-state index contributed by atoms with van der Waals surface area (Å²) < 4.78 is 19.2. The average molecular weight is 252 g/mol. The van der Waals surface area contributed by atoms with E-state index in [0.717, 1.165) is 25.9 Å². The fourth-order valence-corrected chi connectivity index (χ4v) is 2.48. The van der Waals surface area contributed by atoms with Gasteiger partial charge in [-0.15, -0.1) is 0 Å². The number of rotatable bonds is 2. The van der Waals surface area contributed by atoms with E-state index < -0.39 is 0 Å². The molecule has 0 amide bonds. The van der Waals surface area contributed by atoms with E-state index in [1.54, 1.807) is 13.2 Å². The molecule has 1 aliphatic heterocycles. The van der Waals surface area contributed by atoms with Crippen LogP contribution < -0.4 is 15.4 Å². The van der Waals surface area contributed by atoms with Crippen LogP contribution >= 0.6 is 0 Å². The fourth-order valence-electron chi connectivity index (χ4n) is 2.48. The van der Waals surface area contributed by atoms with E-state index in [-0.39, 0.29) is 5.82 Å². The highest BCUT2D eigenvalue weighted by atomic mass is 19.1. The summed E-state index contributed by atoms with van der Waals surface area (Å²) in [5.41, 5.74) is 6.66. The molecule has 1 unspecified atom stereocenters. The van der Waals surface area contributed by atoms with E-state index in [0.29, 0.717) is 23.0 Å². The van der Waals surface area contributed by atoms with Crippen molar-refractivity contribution in [3.05, 3.63) is 17.9 Å². The summed E-state index contributed by atoms with van der Waals surface area (Å²) in [4.78, 5) is 2.10. The molecule has 1 aromatic rings. The number of methoxy groups -OCH3 is 1. The predicted molar refractivity (Wildman–Crippen MR) is 72.6 cm³/mol. The molecule has 1 fully saturated rings. The van der Waals surface area contributed by atoms with E-state index in [1.165, 1.54) is 12.5 Å². The normalized spacial score (nSPS) is 20.6. The fraction of sp³-hybridized carbons (Fsp3) is 0.571. The Bertz CT molecular complexity index is 423. The smallest absolute Gasteiger partial charge is 0.148 e. The van der Waals surface area contributed by atoms with Crippen molar-refractivity contribution in [2.24, 2.45) is 5.92 Å². The van der Waals surface area contributed by atoms with Crippen molar-refractivity contribution in [3.63, 3.8) is 0 Å². The zero-order chi connectivity index (χ0) is 13.1. The van der Waals surface area contributed by atoms with Crippen LogP contribution in [0, 0.1) is 11.7 Å². The van der Waals surface area contributed by atoms with E-state index in [9.17, 15) is 4.39 Å². The predicted octanol–water partition coefficient (Wildman–Crippen LogP) is 3.04. The van der Waals surface area contributed by atoms with Crippen LogP contribution in [0.4, 0.5) is 15.8 Å². The second kappa shape index (κ2) is 5.46. The number of benzene rings is 1. The molecule has 1 atom stereocenters. The van der Waals surface area contributed by atoms with Crippen LogP contribution in [0.25, 0.3) is 0 Å². The SMILES string of the molecule is COc1cc(N2CCCC(C)CC2)c(F)cc1N. The lowest BCUT2D eigenvalue weighted by atomic mass is 10.0. The van der Waals surface area contributed by atoms with Crippen LogP contribution in [0.15, 0.2) is 12.1 Å². The molecule has 0 bridgehead atoms. The summed E-state index contributed by atoms with van der Waals surface area (Å²) in [5, 5.41) is 0. The number of ether oxygens (including phenoxy) is 1. The van der Waals surface area contributed by atoms with Gasteiger partial charge in [-0.1, -0.05) is 6.92 Å². The van der Waals surface area contributed by atoms with Crippen LogP contribution in [0.3, 0.4) is 0 Å². The zero-order valence-corrected chi connectivity index (χ0v) is 11.1. The molecule has 1 aliphatic rings. The Morgan fingerprint density at radius 2 is 2.11 bits per heavy atom. The van der Waals surface area contributed by atoms with Crippen molar-refractivity contribution in [1.29, 1.82) is 0 Å². The van der Waals surface area contributed by atoms with Gasteiger partial charge in [0.15, 0.2) is 0 Å². The van der Waals surface area contributed by atoms with Gasteiger partial charge in [-0.25, -0.2) is 4.39 Å². The van der Waals surface area contributed by atoms with Crippen LogP contribution in [0.2, 0.25) is 0 Å². The maximum absolute atomic E-state index is 14.0. The van der Waals surface area contributed by atoms with Crippen molar-refractivity contribution in [1.82, 2.24) is 0 Å². The Kier molecular flexibility index (Phi) is 3.94. The highest BCUT2D eigenvalue weighted by Crippen LogP contribution is 2.32. The first-order valence-corrected chi connectivity index (χ1v) is 6.49. The minimum absolute atomic E-state index is 0.261. The first-order chi connectivity index (χ1) is 8.61. The Balaban J connectivity index is 2.26. The average Bonchev–Trinajstić information content (AvgIpc) is 2.54. The number of nitrogens with zero attached hydrogens (tertiary/aromatic N) is 1. The summed E-state index contributed by atoms with van der Waals surface area (Å²) in [6.45, 7) is 4.04. The zero-order valence-electron chi connectivity index (χ0n) is 11.1. The van der Waals surface area contributed by atoms with Gasteiger partial charge in [0.1, 0.15) is 11.6 Å². The molecule has 0 saturated carbocycles. The number of nitrogens with two attached hydrogens (primary N) is 1. The summed E-state index contributed by atoms with van der Waals surface area (Å²) in [6.07, 6.45) is 3.42. The topological polar surface area (TPSA) is 38.5 Å². The molecule has 4 heteroatoms. The quantitative estimate of drug-likeness (QED) is 0.822. The van der Waals surface area contributed by atoms with Crippen molar-refractivity contribution in [3.8, 4) is 5.75 Å². The Morgan fingerprint density at radius 3 is 2.83 bits per heavy atom. The second-order valence-electron chi connectivity index (χ2n) is 5.07. The molecule has 2 rings (SSSR count).